The van der Waals surface area contributed by atoms with Gasteiger partial charge in [-0.2, -0.15) is 0 Å². The number of rotatable bonds is 7. The maximum absolute atomic E-state index is 4.95. The fourth-order valence-corrected chi connectivity index (χ4v) is 8.61. The van der Waals surface area contributed by atoms with Crippen molar-refractivity contribution in [3.63, 3.8) is 0 Å². The maximum atomic E-state index is 4.95. The molecule has 6 heteroatoms. The van der Waals surface area contributed by atoms with Gasteiger partial charge in [0.2, 0.25) is 0 Å². The van der Waals surface area contributed by atoms with Gasteiger partial charge in [0.1, 0.15) is 0 Å². The summed E-state index contributed by atoms with van der Waals surface area (Å²) in [6.45, 7) is 0. The SMILES string of the molecule is c1ccc(-c2nc(-c3ccccc3)nc(-c3ccc(-c4cccc5c4sc4c(-c6cc(-c7cccnc7)ccc6-c6cccnc6)cccc45)cc3)n2)cc1. The Morgan fingerprint density at radius 3 is 1.38 bits per heavy atom. The van der Waals surface area contributed by atoms with Gasteiger partial charge in [0.05, 0.1) is 0 Å². The molecule has 0 atom stereocenters. The van der Waals surface area contributed by atoms with Gasteiger partial charge in [-0.25, -0.2) is 15.0 Å². The van der Waals surface area contributed by atoms with Crippen LogP contribution < -0.4 is 0 Å². The fourth-order valence-electron chi connectivity index (χ4n) is 7.25. The first-order chi connectivity index (χ1) is 27.3. The van der Waals surface area contributed by atoms with Crippen LogP contribution in [0.5, 0.6) is 0 Å². The lowest BCUT2D eigenvalue weighted by Gasteiger charge is -2.13. The van der Waals surface area contributed by atoms with Crippen molar-refractivity contribution in [2.24, 2.45) is 0 Å². The predicted molar refractivity (Wildman–Crippen MR) is 226 cm³/mol. The second-order valence-electron chi connectivity index (χ2n) is 13.3. The van der Waals surface area contributed by atoms with E-state index in [4.69, 9.17) is 15.0 Å². The first-order valence-corrected chi connectivity index (χ1v) is 19.0. The smallest absolute Gasteiger partial charge is 0.164 e. The van der Waals surface area contributed by atoms with Crippen LogP contribution in [-0.4, -0.2) is 24.9 Å². The van der Waals surface area contributed by atoms with E-state index in [1.54, 1.807) is 0 Å². The summed E-state index contributed by atoms with van der Waals surface area (Å²) in [6, 6.07) is 57.0. The minimum atomic E-state index is 0.641. The van der Waals surface area contributed by atoms with Gasteiger partial charge in [-0.15, -0.1) is 11.3 Å². The minimum absolute atomic E-state index is 0.641. The highest BCUT2D eigenvalue weighted by atomic mass is 32.1. The Kier molecular flexibility index (Phi) is 8.28. The molecule has 4 heterocycles. The molecule has 0 aliphatic carbocycles. The molecule has 10 rings (SSSR count). The summed E-state index contributed by atoms with van der Waals surface area (Å²) in [5, 5.41) is 2.49. The lowest BCUT2D eigenvalue weighted by molar-refractivity contribution is 1.07. The normalized spacial score (nSPS) is 11.3. The predicted octanol–water partition coefficient (Wildman–Crippen LogP) is 12.7. The van der Waals surface area contributed by atoms with Gasteiger partial charge >= 0.3 is 0 Å². The van der Waals surface area contributed by atoms with Crippen LogP contribution in [0.2, 0.25) is 0 Å². The van der Waals surface area contributed by atoms with Crippen molar-refractivity contribution in [3.8, 4) is 78.7 Å². The number of thiophene rings is 1. The van der Waals surface area contributed by atoms with Crippen LogP contribution in [0, 0.1) is 0 Å². The third kappa shape index (κ3) is 6.14. The molecule has 0 spiro atoms. The third-order valence-corrected chi connectivity index (χ3v) is 11.2. The van der Waals surface area contributed by atoms with Crippen molar-refractivity contribution < 1.29 is 0 Å². The van der Waals surface area contributed by atoms with Crippen LogP contribution in [-0.2, 0) is 0 Å². The molecule has 0 fully saturated rings. The monoisotopic (exact) mass is 721 g/mol. The van der Waals surface area contributed by atoms with Crippen LogP contribution >= 0.6 is 11.3 Å². The molecule has 55 heavy (non-hydrogen) atoms. The quantitative estimate of drug-likeness (QED) is 0.164. The molecule has 0 amide bonds. The molecular formula is C49H31N5S. The summed E-state index contributed by atoms with van der Waals surface area (Å²) in [5.74, 6) is 1.94. The van der Waals surface area contributed by atoms with Crippen LogP contribution in [0.4, 0.5) is 0 Å². The number of fused-ring (bicyclic) bond motifs is 3. The topological polar surface area (TPSA) is 64.5 Å². The summed E-state index contributed by atoms with van der Waals surface area (Å²) < 4.78 is 2.50. The van der Waals surface area contributed by atoms with Gasteiger partial charge in [0, 0.05) is 78.3 Å². The first-order valence-electron chi connectivity index (χ1n) is 18.1. The van der Waals surface area contributed by atoms with E-state index < -0.39 is 0 Å². The first kappa shape index (κ1) is 32.5. The summed E-state index contributed by atoms with van der Waals surface area (Å²) in [6.07, 6.45) is 7.50. The highest BCUT2D eigenvalue weighted by molar-refractivity contribution is 7.26. The number of hydrogen-bond donors (Lipinski definition) is 0. The van der Waals surface area contributed by atoms with E-state index in [1.807, 2.05) is 109 Å². The zero-order chi connectivity index (χ0) is 36.6. The van der Waals surface area contributed by atoms with E-state index in [9.17, 15) is 0 Å². The molecule has 0 aliphatic rings. The van der Waals surface area contributed by atoms with Gasteiger partial charge < -0.3 is 0 Å². The van der Waals surface area contributed by atoms with Gasteiger partial charge in [0.25, 0.3) is 0 Å². The molecule has 4 aromatic heterocycles. The summed E-state index contributed by atoms with van der Waals surface area (Å²) in [7, 11) is 0. The van der Waals surface area contributed by atoms with Crippen molar-refractivity contribution in [3.05, 3.63) is 189 Å². The van der Waals surface area contributed by atoms with E-state index >= 15 is 0 Å². The minimum Gasteiger partial charge on any atom is -0.264 e. The van der Waals surface area contributed by atoms with Gasteiger partial charge in [-0.3, -0.25) is 9.97 Å². The largest absolute Gasteiger partial charge is 0.264 e. The van der Waals surface area contributed by atoms with Crippen LogP contribution in [0.25, 0.3) is 98.8 Å². The van der Waals surface area contributed by atoms with Crippen molar-refractivity contribution >= 4 is 31.5 Å². The van der Waals surface area contributed by atoms with Gasteiger partial charge in [-0.05, 0) is 46.0 Å². The van der Waals surface area contributed by atoms with Crippen LogP contribution in [0.3, 0.4) is 0 Å². The Morgan fingerprint density at radius 2 is 0.800 bits per heavy atom. The van der Waals surface area contributed by atoms with E-state index in [0.29, 0.717) is 17.5 Å². The van der Waals surface area contributed by atoms with E-state index in [2.05, 4.69) is 101 Å². The Morgan fingerprint density at radius 1 is 0.309 bits per heavy atom. The van der Waals surface area contributed by atoms with Crippen LogP contribution in [0.15, 0.2) is 189 Å². The summed E-state index contributed by atoms with van der Waals surface area (Å²) in [5.41, 5.74) is 12.0. The van der Waals surface area contributed by atoms with Gasteiger partial charge in [-0.1, -0.05) is 146 Å². The molecular weight excluding hydrogens is 691 g/mol. The lowest BCUT2D eigenvalue weighted by atomic mass is 9.91. The number of hydrogen-bond acceptors (Lipinski definition) is 6. The Hall–Kier alpha value is -7.15. The average Bonchev–Trinajstić information content (AvgIpc) is 3.67. The zero-order valence-electron chi connectivity index (χ0n) is 29.5. The van der Waals surface area contributed by atoms with E-state index in [-0.39, 0.29) is 0 Å². The third-order valence-electron chi connectivity index (χ3n) is 9.96. The van der Waals surface area contributed by atoms with Crippen molar-refractivity contribution in [2.75, 3.05) is 0 Å². The van der Waals surface area contributed by atoms with Crippen LogP contribution in [0.1, 0.15) is 0 Å². The molecule has 0 radical (unpaired) electrons. The molecule has 5 nitrogen and oxygen atoms in total. The van der Waals surface area contributed by atoms with Gasteiger partial charge in [0.15, 0.2) is 17.5 Å². The Balaban J connectivity index is 1.08. The molecule has 0 bridgehead atoms. The second-order valence-corrected chi connectivity index (χ2v) is 14.3. The molecule has 0 aliphatic heterocycles. The lowest BCUT2D eigenvalue weighted by Crippen LogP contribution is -2.00. The fraction of sp³-hybridized carbons (Fsp3) is 0. The summed E-state index contributed by atoms with van der Waals surface area (Å²) in [4.78, 5) is 23.6. The Labute approximate surface area is 322 Å². The van der Waals surface area contributed by atoms with Crippen molar-refractivity contribution in [2.45, 2.75) is 0 Å². The van der Waals surface area contributed by atoms with E-state index in [0.717, 1.165) is 44.5 Å². The number of nitrogens with zero attached hydrogens (tertiary/aromatic N) is 5. The average molecular weight is 722 g/mol. The standard InChI is InChI=1S/C49H31N5S/c1-3-11-33(12-4-1)47-52-48(34-13-5-2-6-14-34)54-49(53-47)35-23-21-32(22-24-35)40-17-7-18-41-42-19-8-20-43(46(42)55-45(40)41)44-29-36(37-15-9-27-50-30-37)25-26-39(44)38-16-10-28-51-31-38/h1-31H. The summed E-state index contributed by atoms with van der Waals surface area (Å²) >= 11 is 1.85. The zero-order valence-corrected chi connectivity index (χ0v) is 30.4. The molecule has 6 aromatic carbocycles. The number of pyridine rings is 2. The highest BCUT2D eigenvalue weighted by Crippen LogP contribution is 2.46. The highest BCUT2D eigenvalue weighted by Gasteiger charge is 2.18. The molecule has 10 aromatic rings. The van der Waals surface area contributed by atoms with Crippen molar-refractivity contribution in [1.82, 2.24) is 24.9 Å². The molecule has 0 saturated heterocycles. The Bertz CT molecular complexity index is 2890. The molecule has 0 N–H and O–H groups in total. The number of aromatic nitrogens is 5. The molecule has 258 valence electrons. The number of benzene rings is 6. The maximum Gasteiger partial charge on any atom is 0.164 e. The van der Waals surface area contributed by atoms with E-state index in [1.165, 1.54) is 36.9 Å². The molecule has 0 unspecified atom stereocenters. The molecule has 0 saturated carbocycles. The van der Waals surface area contributed by atoms with Crippen molar-refractivity contribution in [1.29, 1.82) is 0 Å². The second kappa shape index (κ2) is 14.0.